The molecule has 0 radical (unpaired) electrons. The predicted octanol–water partition coefficient (Wildman–Crippen LogP) is 1.67. The van der Waals surface area contributed by atoms with Gasteiger partial charge in [-0.05, 0) is 17.7 Å². The zero-order valence-electron chi connectivity index (χ0n) is 5.80. The molecule has 0 aliphatic heterocycles. The molecule has 58 valence electrons. The van der Waals surface area contributed by atoms with Gasteiger partial charge in [-0.15, -0.1) is 0 Å². The monoisotopic (exact) mass is 226 g/mol. The largest absolute Gasteiger partial charge is 0.497 e. The van der Waals surface area contributed by atoms with E-state index in [0.717, 1.165) is 11.1 Å². The molecule has 0 saturated heterocycles. The molecule has 0 fully saturated rings. The zero-order chi connectivity index (χ0) is 7.40. The van der Waals surface area contributed by atoms with Gasteiger partial charge in [0.15, 0.2) is 0 Å². The van der Waals surface area contributed by atoms with Crippen LogP contribution in [0.5, 0.6) is 5.75 Å². The molecular formula is C8H11BrMgO. The lowest BCUT2D eigenvalue weighted by Gasteiger charge is -1.98. The second-order valence-corrected chi connectivity index (χ2v) is 2.54. The van der Waals surface area contributed by atoms with E-state index in [1.807, 2.05) is 24.3 Å². The van der Waals surface area contributed by atoms with E-state index in [4.69, 9.17) is 4.74 Å². The maximum atomic E-state index is 5.00. The van der Waals surface area contributed by atoms with E-state index in [9.17, 15) is 0 Å². The van der Waals surface area contributed by atoms with Crippen molar-refractivity contribution in [3.05, 3.63) is 29.8 Å². The third-order valence-corrected chi connectivity index (χ3v) is 1.96. The molecule has 0 aliphatic rings. The standard InChI is InChI=1S/C8H9BrO.Mg.2H/c1-10-8-4-2-7(6-9)3-5-8;;;/h2-5H,6H2,1H3;;;. The molecule has 0 spiro atoms. The molecule has 11 heavy (non-hydrogen) atoms. The summed E-state index contributed by atoms with van der Waals surface area (Å²) in [6, 6.07) is 7.98. The van der Waals surface area contributed by atoms with E-state index < -0.39 is 0 Å². The second kappa shape index (κ2) is 5.86. The lowest BCUT2D eigenvalue weighted by atomic mass is 10.2. The molecule has 0 unspecified atom stereocenters. The van der Waals surface area contributed by atoms with Gasteiger partial charge in [-0.3, -0.25) is 0 Å². The van der Waals surface area contributed by atoms with Crippen molar-refractivity contribution in [2.75, 3.05) is 7.11 Å². The zero-order valence-corrected chi connectivity index (χ0v) is 7.39. The van der Waals surface area contributed by atoms with Gasteiger partial charge in [-0.1, -0.05) is 28.1 Å². The first-order valence-corrected chi connectivity index (χ1v) is 4.18. The molecule has 0 bridgehead atoms. The smallest absolute Gasteiger partial charge is 0.316 e. The van der Waals surface area contributed by atoms with Gasteiger partial charge >= 0.3 is 23.1 Å². The number of rotatable bonds is 2. The number of hydrogen-bond donors (Lipinski definition) is 0. The van der Waals surface area contributed by atoms with E-state index >= 15 is 0 Å². The Morgan fingerprint density at radius 3 is 2.18 bits per heavy atom. The summed E-state index contributed by atoms with van der Waals surface area (Å²) in [6.45, 7) is 0. The minimum atomic E-state index is 0. The van der Waals surface area contributed by atoms with Crippen molar-refractivity contribution in [3.8, 4) is 5.75 Å². The molecule has 0 aromatic heterocycles. The van der Waals surface area contributed by atoms with Crippen molar-refractivity contribution < 1.29 is 4.74 Å². The Labute approximate surface area is 91.4 Å². The van der Waals surface area contributed by atoms with Crippen LogP contribution in [0.25, 0.3) is 0 Å². The van der Waals surface area contributed by atoms with Crippen LogP contribution in [0.2, 0.25) is 0 Å². The minimum Gasteiger partial charge on any atom is -0.497 e. The Kier molecular flexibility index (Phi) is 6.00. The highest BCUT2D eigenvalue weighted by Gasteiger charge is 1.89. The number of halogens is 1. The van der Waals surface area contributed by atoms with E-state index in [1.54, 1.807) is 7.11 Å². The summed E-state index contributed by atoms with van der Waals surface area (Å²) in [4.78, 5) is 0. The highest BCUT2D eigenvalue weighted by atomic mass is 79.9. The second-order valence-electron chi connectivity index (χ2n) is 1.98. The van der Waals surface area contributed by atoms with Crippen LogP contribution in [0, 0.1) is 0 Å². The molecule has 3 heteroatoms. The summed E-state index contributed by atoms with van der Waals surface area (Å²) in [7, 11) is 1.67. The average molecular weight is 227 g/mol. The van der Waals surface area contributed by atoms with Crippen molar-refractivity contribution in [2.45, 2.75) is 5.33 Å². The lowest BCUT2D eigenvalue weighted by molar-refractivity contribution is 0.414. The van der Waals surface area contributed by atoms with Crippen LogP contribution in [-0.4, -0.2) is 30.2 Å². The van der Waals surface area contributed by atoms with E-state index in [0.29, 0.717) is 0 Å². The maximum absolute atomic E-state index is 5.00. The van der Waals surface area contributed by atoms with E-state index in [2.05, 4.69) is 15.9 Å². The summed E-state index contributed by atoms with van der Waals surface area (Å²) in [6.07, 6.45) is 0. The van der Waals surface area contributed by atoms with Gasteiger partial charge < -0.3 is 4.74 Å². The van der Waals surface area contributed by atoms with Crippen LogP contribution in [-0.2, 0) is 5.33 Å². The first-order valence-electron chi connectivity index (χ1n) is 3.05. The fraction of sp³-hybridized carbons (Fsp3) is 0.250. The molecule has 1 rings (SSSR count). The van der Waals surface area contributed by atoms with Crippen LogP contribution < -0.4 is 4.74 Å². The molecule has 1 aromatic rings. The van der Waals surface area contributed by atoms with Crippen LogP contribution in [0.1, 0.15) is 5.56 Å². The van der Waals surface area contributed by atoms with Crippen LogP contribution in [0.4, 0.5) is 0 Å². The van der Waals surface area contributed by atoms with Gasteiger partial charge in [0.25, 0.3) is 0 Å². The molecular weight excluding hydrogens is 216 g/mol. The number of alkyl halides is 1. The Bertz CT molecular complexity index is 175. The summed E-state index contributed by atoms with van der Waals surface area (Å²) in [5.74, 6) is 0.907. The molecule has 1 nitrogen and oxygen atoms in total. The molecule has 0 atom stereocenters. The van der Waals surface area contributed by atoms with Crippen LogP contribution in [0.15, 0.2) is 24.3 Å². The number of ether oxygens (including phenoxy) is 1. The third kappa shape index (κ3) is 3.45. The number of benzene rings is 1. The fourth-order valence-corrected chi connectivity index (χ4v) is 1.09. The topological polar surface area (TPSA) is 9.23 Å². The molecule has 0 amide bonds. The predicted molar refractivity (Wildman–Crippen MR) is 54.2 cm³/mol. The van der Waals surface area contributed by atoms with Gasteiger partial charge in [0, 0.05) is 5.33 Å². The molecule has 1 aromatic carbocycles. The summed E-state index contributed by atoms with van der Waals surface area (Å²) in [5, 5.41) is 0.900. The van der Waals surface area contributed by atoms with E-state index in [1.165, 1.54) is 5.56 Å². The molecule has 0 aliphatic carbocycles. The summed E-state index contributed by atoms with van der Waals surface area (Å²) < 4.78 is 5.00. The average Bonchev–Trinajstić information content (AvgIpc) is 2.05. The highest BCUT2D eigenvalue weighted by Crippen LogP contribution is 2.12. The third-order valence-electron chi connectivity index (χ3n) is 1.31. The van der Waals surface area contributed by atoms with E-state index in [-0.39, 0.29) is 23.1 Å². The highest BCUT2D eigenvalue weighted by molar-refractivity contribution is 9.08. The Hall–Kier alpha value is 0.266. The van der Waals surface area contributed by atoms with Crippen molar-refractivity contribution in [3.63, 3.8) is 0 Å². The number of methoxy groups -OCH3 is 1. The maximum Gasteiger partial charge on any atom is 0.316 e. The molecule has 0 N–H and O–H groups in total. The van der Waals surface area contributed by atoms with Gasteiger partial charge in [0.2, 0.25) is 0 Å². The van der Waals surface area contributed by atoms with Gasteiger partial charge in [-0.2, -0.15) is 0 Å². The first-order chi connectivity index (χ1) is 4.86. The quantitative estimate of drug-likeness (QED) is 0.552. The minimum absolute atomic E-state index is 0. The van der Waals surface area contributed by atoms with Crippen LogP contribution in [0.3, 0.4) is 0 Å². The normalized spacial score (nSPS) is 8.55. The van der Waals surface area contributed by atoms with Crippen LogP contribution >= 0.6 is 15.9 Å². The van der Waals surface area contributed by atoms with Gasteiger partial charge in [0.05, 0.1) is 7.11 Å². The van der Waals surface area contributed by atoms with Crippen molar-refractivity contribution in [1.29, 1.82) is 0 Å². The lowest BCUT2D eigenvalue weighted by Crippen LogP contribution is -1.82. The SMILES string of the molecule is COc1ccc(CBr)cc1.[MgH2]. The Morgan fingerprint density at radius 1 is 1.27 bits per heavy atom. The van der Waals surface area contributed by atoms with Gasteiger partial charge in [0.1, 0.15) is 5.75 Å². The van der Waals surface area contributed by atoms with Crippen molar-refractivity contribution in [1.82, 2.24) is 0 Å². The molecule has 0 saturated carbocycles. The Balaban J connectivity index is 0.000001000. The fourth-order valence-electron chi connectivity index (χ4n) is 0.715. The first kappa shape index (κ1) is 11.3. The van der Waals surface area contributed by atoms with Crippen molar-refractivity contribution in [2.24, 2.45) is 0 Å². The Morgan fingerprint density at radius 2 is 1.82 bits per heavy atom. The molecule has 0 heterocycles. The number of hydrogen-bond acceptors (Lipinski definition) is 1. The van der Waals surface area contributed by atoms with Gasteiger partial charge in [-0.25, -0.2) is 0 Å². The summed E-state index contributed by atoms with van der Waals surface area (Å²) in [5.41, 5.74) is 1.26. The summed E-state index contributed by atoms with van der Waals surface area (Å²) >= 11 is 3.36. The van der Waals surface area contributed by atoms with Crippen molar-refractivity contribution >= 4 is 39.0 Å².